The van der Waals surface area contributed by atoms with E-state index in [2.05, 4.69) is 6.08 Å². The van der Waals surface area contributed by atoms with Gasteiger partial charge in [0.15, 0.2) is 0 Å². The molecule has 0 atom stereocenters. The van der Waals surface area contributed by atoms with E-state index in [4.69, 9.17) is 5.26 Å². The lowest BCUT2D eigenvalue weighted by atomic mass is 10.1. The fourth-order valence-corrected chi connectivity index (χ4v) is 0.775. The van der Waals surface area contributed by atoms with Gasteiger partial charge >= 0.3 is 0 Å². The Bertz CT molecular complexity index is 239. The van der Waals surface area contributed by atoms with Crippen LogP contribution in [0.5, 0.6) is 0 Å². The van der Waals surface area contributed by atoms with Gasteiger partial charge in [0.2, 0.25) is 0 Å². The number of nitrogens with zero attached hydrogens (tertiary/aromatic N) is 1. The van der Waals surface area contributed by atoms with Crippen LogP contribution in [0.3, 0.4) is 0 Å². The topological polar surface area (TPSA) is 40.9 Å². The second kappa shape index (κ2) is 6.36. The lowest BCUT2D eigenvalue weighted by Crippen LogP contribution is -1.79. The van der Waals surface area contributed by atoms with Crippen molar-refractivity contribution in [2.24, 2.45) is 0 Å². The SMILES string of the molecule is CC(C)=CCC/C(C#N)=C/C=O. The molecule has 0 aromatic heterocycles. The summed E-state index contributed by atoms with van der Waals surface area (Å²) < 4.78 is 0. The Labute approximate surface area is 73.2 Å². The molecule has 0 aliphatic heterocycles. The smallest absolute Gasteiger partial charge is 0.143 e. The minimum absolute atomic E-state index is 0.544. The van der Waals surface area contributed by atoms with Gasteiger partial charge in [-0.1, -0.05) is 11.6 Å². The molecule has 0 N–H and O–H groups in total. The van der Waals surface area contributed by atoms with Gasteiger partial charge in [-0.25, -0.2) is 0 Å². The van der Waals surface area contributed by atoms with Crippen molar-refractivity contribution in [2.45, 2.75) is 26.7 Å². The van der Waals surface area contributed by atoms with Crippen LogP contribution in [0.15, 0.2) is 23.3 Å². The summed E-state index contributed by atoms with van der Waals surface area (Å²) in [4.78, 5) is 10.0. The quantitative estimate of drug-likeness (QED) is 0.276. The second-order valence-electron chi connectivity index (χ2n) is 2.76. The highest BCUT2D eigenvalue weighted by Gasteiger charge is 1.92. The molecule has 0 amide bonds. The van der Waals surface area contributed by atoms with Crippen molar-refractivity contribution in [1.29, 1.82) is 5.26 Å². The first-order valence-corrected chi connectivity index (χ1v) is 3.88. The Balaban J connectivity index is 3.92. The molecular formula is C10H13NO. The normalized spacial score (nSPS) is 10.2. The van der Waals surface area contributed by atoms with Crippen molar-refractivity contribution in [2.75, 3.05) is 0 Å². The number of hydrogen-bond donors (Lipinski definition) is 0. The summed E-state index contributed by atoms with van der Waals surface area (Å²) in [5.41, 5.74) is 1.78. The van der Waals surface area contributed by atoms with Crippen molar-refractivity contribution in [1.82, 2.24) is 0 Å². The van der Waals surface area contributed by atoms with E-state index in [9.17, 15) is 4.79 Å². The average Bonchev–Trinajstić information content (AvgIpc) is 2.02. The molecule has 0 spiro atoms. The second-order valence-corrected chi connectivity index (χ2v) is 2.76. The largest absolute Gasteiger partial charge is 0.299 e. The number of nitriles is 1. The highest BCUT2D eigenvalue weighted by Crippen LogP contribution is 2.05. The molecule has 0 saturated carbocycles. The standard InChI is InChI=1S/C10H13NO/c1-9(2)4-3-5-10(8-11)6-7-12/h4,6-7H,3,5H2,1-2H3/b10-6-. The number of carbonyl (C=O) groups is 1. The van der Waals surface area contributed by atoms with Crippen LogP contribution < -0.4 is 0 Å². The minimum atomic E-state index is 0.544. The molecule has 0 radical (unpaired) electrons. The Morgan fingerprint density at radius 2 is 2.17 bits per heavy atom. The summed E-state index contributed by atoms with van der Waals surface area (Å²) in [5.74, 6) is 0. The maximum Gasteiger partial charge on any atom is 0.143 e. The van der Waals surface area contributed by atoms with Gasteiger partial charge in [0, 0.05) is 5.57 Å². The van der Waals surface area contributed by atoms with Crippen LogP contribution in [-0.2, 0) is 4.79 Å². The summed E-state index contributed by atoms with van der Waals surface area (Å²) in [6.45, 7) is 4.02. The molecule has 0 aromatic carbocycles. The molecule has 0 aliphatic carbocycles. The van der Waals surface area contributed by atoms with Gasteiger partial charge in [-0.05, 0) is 32.8 Å². The average molecular weight is 163 g/mol. The monoisotopic (exact) mass is 163 g/mol. The number of carbonyl (C=O) groups excluding carboxylic acids is 1. The molecule has 0 rings (SSSR count). The zero-order chi connectivity index (χ0) is 9.40. The molecule has 0 aliphatic rings. The van der Waals surface area contributed by atoms with Gasteiger partial charge in [-0.15, -0.1) is 0 Å². The summed E-state index contributed by atoms with van der Waals surface area (Å²) in [6, 6.07) is 1.98. The first kappa shape index (κ1) is 10.6. The highest BCUT2D eigenvalue weighted by molar-refractivity contribution is 5.67. The first-order chi connectivity index (χ1) is 5.70. The summed E-state index contributed by atoms with van der Waals surface area (Å²) in [5, 5.41) is 8.52. The number of hydrogen-bond acceptors (Lipinski definition) is 2. The van der Waals surface area contributed by atoms with E-state index in [0.717, 1.165) is 6.42 Å². The number of aldehydes is 1. The van der Waals surface area contributed by atoms with Crippen LogP contribution in [-0.4, -0.2) is 6.29 Å². The third-order valence-corrected chi connectivity index (χ3v) is 1.38. The lowest BCUT2D eigenvalue weighted by Gasteiger charge is -1.92. The van der Waals surface area contributed by atoms with Crippen molar-refractivity contribution in [3.8, 4) is 6.07 Å². The molecular weight excluding hydrogens is 150 g/mol. The molecule has 2 heteroatoms. The Hall–Kier alpha value is -1.36. The molecule has 12 heavy (non-hydrogen) atoms. The zero-order valence-electron chi connectivity index (χ0n) is 7.50. The fraction of sp³-hybridized carbons (Fsp3) is 0.400. The Morgan fingerprint density at radius 1 is 1.50 bits per heavy atom. The van der Waals surface area contributed by atoms with E-state index in [1.54, 1.807) is 0 Å². The predicted octanol–water partition coefficient (Wildman–Crippen LogP) is 2.38. The van der Waals surface area contributed by atoms with Gasteiger partial charge in [0.25, 0.3) is 0 Å². The van der Waals surface area contributed by atoms with E-state index in [0.29, 0.717) is 18.3 Å². The number of rotatable bonds is 4. The van der Waals surface area contributed by atoms with Crippen LogP contribution in [0.4, 0.5) is 0 Å². The summed E-state index contributed by atoms with van der Waals surface area (Å²) in [7, 11) is 0. The van der Waals surface area contributed by atoms with E-state index in [1.807, 2.05) is 19.9 Å². The van der Waals surface area contributed by atoms with Crippen LogP contribution in [0.25, 0.3) is 0 Å². The van der Waals surface area contributed by atoms with E-state index >= 15 is 0 Å². The van der Waals surface area contributed by atoms with Crippen molar-refractivity contribution >= 4 is 6.29 Å². The molecule has 64 valence electrons. The molecule has 0 heterocycles. The Kier molecular flexibility index (Phi) is 5.64. The molecule has 0 fully saturated rings. The maximum atomic E-state index is 10.0. The molecule has 0 unspecified atom stereocenters. The molecule has 0 saturated heterocycles. The van der Waals surface area contributed by atoms with E-state index in [-0.39, 0.29) is 0 Å². The third-order valence-electron chi connectivity index (χ3n) is 1.38. The predicted molar refractivity (Wildman–Crippen MR) is 48.4 cm³/mol. The van der Waals surface area contributed by atoms with E-state index < -0.39 is 0 Å². The van der Waals surface area contributed by atoms with Crippen LogP contribution in [0.2, 0.25) is 0 Å². The lowest BCUT2D eigenvalue weighted by molar-refractivity contribution is -0.104. The van der Waals surface area contributed by atoms with Crippen molar-refractivity contribution in [3.63, 3.8) is 0 Å². The maximum absolute atomic E-state index is 10.0. The van der Waals surface area contributed by atoms with Crippen molar-refractivity contribution < 1.29 is 4.79 Å². The summed E-state index contributed by atoms with van der Waals surface area (Å²) >= 11 is 0. The van der Waals surface area contributed by atoms with Gasteiger partial charge in [-0.2, -0.15) is 5.26 Å². The Morgan fingerprint density at radius 3 is 2.58 bits per heavy atom. The minimum Gasteiger partial charge on any atom is -0.299 e. The van der Waals surface area contributed by atoms with Crippen LogP contribution in [0, 0.1) is 11.3 Å². The summed E-state index contributed by atoms with van der Waals surface area (Å²) in [6.07, 6.45) is 5.51. The third kappa shape index (κ3) is 5.43. The highest BCUT2D eigenvalue weighted by atomic mass is 16.1. The number of allylic oxidation sites excluding steroid dienone is 4. The van der Waals surface area contributed by atoms with Gasteiger partial charge < -0.3 is 0 Å². The van der Waals surface area contributed by atoms with E-state index in [1.165, 1.54) is 11.6 Å². The van der Waals surface area contributed by atoms with Gasteiger partial charge in [-0.3, -0.25) is 4.79 Å². The van der Waals surface area contributed by atoms with Crippen LogP contribution in [0.1, 0.15) is 26.7 Å². The van der Waals surface area contributed by atoms with Crippen molar-refractivity contribution in [3.05, 3.63) is 23.3 Å². The zero-order valence-corrected chi connectivity index (χ0v) is 7.50. The molecule has 0 bridgehead atoms. The fourth-order valence-electron chi connectivity index (χ4n) is 0.775. The van der Waals surface area contributed by atoms with Crippen LogP contribution >= 0.6 is 0 Å². The molecule has 2 nitrogen and oxygen atoms in total. The first-order valence-electron chi connectivity index (χ1n) is 3.88. The van der Waals surface area contributed by atoms with Gasteiger partial charge in [0.1, 0.15) is 6.29 Å². The van der Waals surface area contributed by atoms with Gasteiger partial charge in [0.05, 0.1) is 6.07 Å². The molecule has 0 aromatic rings.